The van der Waals surface area contributed by atoms with Gasteiger partial charge in [0.05, 0.1) is 9.82 Å². The molecule has 1 unspecified atom stereocenters. The molecule has 0 aliphatic heterocycles. The third kappa shape index (κ3) is 4.76. The summed E-state index contributed by atoms with van der Waals surface area (Å²) in [4.78, 5) is 10.2. The minimum absolute atomic E-state index is 0.123. The molecule has 3 N–H and O–H groups in total. The minimum Gasteiger partial charge on any atom is -0.329 e. The molecule has 118 valence electrons. The van der Waals surface area contributed by atoms with Crippen LogP contribution >= 0.6 is 0 Å². The summed E-state index contributed by atoms with van der Waals surface area (Å²) in [5.74, 6) is 0.286. The van der Waals surface area contributed by atoms with Crippen LogP contribution in [0.3, 0.4) is 0 Å². The number of nitrogens with zero attached hydrogens (tertiary/aromatic N) is 1. The monoisotopic (exact) mass is 315 g/mol. The molecular weight excluding hydrogens is 294 g/mol. The number of rotatable bonds is 7. The summed E-state index contributed by atoms with van der Waals surface area (Å²) in [5, 5.41) is 10.9. The summed E-state index contributed by atoms with van der Waals surface area (Å²) in [6, 6.07) is 3.45. The number of aryl methyl sites for hydroxylation is 1. The first-order chi connectivity index (χ1) is 9.67. The van der Waals surface area contributed by atoms with Crippen LogP contribution in [0.4, 0.5) is 5.69 Å². The molecule has 1 atom stereocenters. The predicted molar refractivity (Wildman–Crippen MR) is 80.5 cm³/mol. The Hall–Kier alpha value is -1.51. The number of sulfonamides is 1. The first kappa shape index (κ1) is 17.5. The van der Waals surface area contributed by atoms with Crippen molar-refractivity contribution in [2.45, 2.75) is 38.1 Å². The molecule has 0 aliphatic rings. The average molecular weight is 315 g/mol. The topological polar surface area (TPSA) is 115 Å². The zero-order valence-electron chi connectivity index (χ0n) is 12.4. The van der Waals surface area contributed by atoms with Gasteiger partial charge in [0.15, 0.2) is 0 Å². The van der Waals surface area contributed by atoms with Crippen LogP contribution in [0.1, 0.15) is 25.8 Å². The largest absolute Gasteiger partial charge is 0.329 e. The van der Waals surface area contributed by atoms with Crippen molar-refractivity contribution in [1.29, 1.82) is 0 Å². The summed E-state index contributed by atoms with van der Waals surface area (Å²) < 4.78 is 27.1. The van der Waals surface area contributed by atoms with E-state index in [1.54, 1.807) is 6.92 Å². The maximum Gasteiger partial charge on any atom is 0.273 e. The fourth-order valence-electron chi connectivity index (χ4n) is 2.00. The Bertz CT molecular complexity index is 614. The Kier molecular flexibility index (Phi) is 5.82. The molecule has 21 heavy (non-hydrogen) atoms. The highest BCUT2D eigenvalue weighted by molar-refractivity contribution is 7.89. The van der Waals surface area contributed by atoms with E-state index in [1.165, 1.54) is 12.1 Å². The summed E-state index contributed by atoms with van der Waals surface area (Å²) in [6.07, 6.45) is 0.601. The van der Waals surface area contributed by atoms with Gasteiger partial charge < -0.3 is 5.73 Å². The molecule has 0 saturated carbocycles. The van der Waals surface area contributed by atoms with Crippen molar-refractivity contribution in [2.24, 2.45) is 11.7 Å². The van der Waals surface area contributed by atoms with Gasteiger partial charge >= 0.3 is 0 Å². The molecule has 0 aromatic heterocycles. The summed E-state index contributed by atoms with van der Waals surface area (Å²) in [6.45, 7) is 5.66. The highest BCUT2D eigenvalue weighted by Gasteiger charge is 2.23. The second kappa shape index (κ2) is 6.97. The molecule has 0 amide bonds. The van der Waals surface area contributed by atoms with Gasteiger partial charge in [-0.3, -0.25) is 10.1 Å². The molecule has 1 aromatic carbocycles. The number of hydrogen-bond donors (Lipinski definition) is 2. The molecule has 0 bridgehead atoms. The van der Waals surface area contributed by atoms with Crippen LogP contribution in [0.25, 0.3) is 0 Å². The zero-order chi connectivity index (χ0) is 16.2. The summed E-state index contributed by atoms with van der Waals surface area (Å²) in [5.41, 5.74) is 5.77. The van der Waals surface area contributed by atoms with Crippen LogP contribution < -0.4 is 10.5 Å². The van der Waals surface area contributed by atoms with Crippen molar-refractivity contribution in [2.75, 3.05) is 6.54 Å². The lowest BCUT2D eigenvalue weighted by molar-refractivity contribution is -0.385. The lowest BCUT2D eigenvalue weighted by atomic mass is 10.1. The Balaban J connectivity index is 3.07. The van der Waals surface area contributed by atoms with Gasteiger partial charge in [-0.15, -0.1) is 0 Å². The van der Waals surface area contributed by atoms with Crippen molar-refractivity contribution in [1.82, 2.24) is 4.72 Å². The van der Waals surface area contributed by atoms with E-state index < -0.39 is 21.0 Å². The van der Waals surface area contributed by atoms with Crippen LogP contribution in [-0.4, -0.2) is 25.9 Å². The van der Waals surface area contributed by atoms with E-state index in [2.05, 4.69) is 4.72 Å². The molecule has 1 rings (SSSR count). The fourth-order valence-corrected chi connectivity index (χ4v) is 3.28. The molecule has 0 spiro atoms. The lowest BCUT2D eigenvalue weighted by Gasteiger charge is -2.18. The number of benzene rings is 1. The van der Waals surface area contributed by atoms with Gasteiger partial charge in [0.25, 0.3) is 5.69 Å². The fraction of sp³-hybridized carbons (Fsp3) is 0.538. The van der Waals surface area contributed by atoms with Gasteiger partial charge in [0.1, 0.15) is 0 Å². The number of hydrogen-bond acceptors (Lipinski definition) is 5. The number of nitrogens with two attached hydrogens (primary N) is 1. The van der Waals surface area contributed by atoms with E-state index in [1.807, 2.05) is 13.8 Å². The van der Waals surface area contributed by atoms with Crippen LogP contribution in [0.15, 0.2) is 23.1 Å². The maximum absolute atomic E-state index is 12.3. The lowest BCUT2D eigenvalue weighted by Crippen LogP contribution is -2.40. The molecule has 8 heteroatoms. The molecule has 0 heterocycles. The van der Waals surface area contributed by atoms with Gasteiger partial charge in [-0.1, -0.05) is 19.9 Å². The predicted octanol–water partition coefficient (Wildman–Crippen LogP) is 1.55. The molecule has 0 radical (unpaired) electrons. The minimum atomic E-state index is -3.82. The van der Waals surface area contributed by atoms with Gasteiger partial charge in [-0.25, -0.2) is 13.1 Å². The van der Waals surface area contributed by atoms with Gasteiger partial charge in [0, 0.05) is 24.2 Å². The van der Waals surface area contributed by atoms with E-state index in [0.29, 0.717) is 12.0 Å². The normalized spacial score (nSPS) is 13.4. The standard InChI is InChI=1S/C13H21N3O4S/c1-9(2)6-11(8-14)15-21(19,20)12-5-4-10(3)13(7-12)16(17)18/h4-5,7,9,11,15H,6,8,14H2,1-3H3. The zero-order valence-corrected chi connectivity index (χ0v) is 13.2. The third-order valence-electron chi connectivity index (χ3n) is 3.05. The highest BCUT2D eigenvalue weighted by atomic mass is 32.2. The maximum atomic E-state index is 12.3. The van der Waals surface area contributed by atoms with Gasteiger partial charge in [0.2, 0.25) is 10.0 Å². The van der Waals surface area contributed by atoms with E-state index in [0.717, 1.165) is 6.07 Å². The van der Waals surface area contributed by atoms with Crippen molar-refractivity contribution in [3.05, 3.63) is 33.9 Å². The Morgan fingerprint density at radius 2 is 2.00 bits per heavy atom. The van der Waals surface area contributed by atoms with Gasteiger partial charge in [-0.05, 0) is 25.3 Å². The van der Waals surface area contributed by atoms with Crippen molar-refractivity contribution < 1.29 is 13.3 Å². The first-order valence-corrected chi connectivity index (χ1v) is 8.13. The van der Waals surface area contributed by atoms with Crippen molar-refractivity contribution in [3.8, 4) is 0 Å². The second-order valence-electron chi connectivity index (χ2n) is 5.39. The summed E-state index contributed by atoms with van der Waals surface area (Å²) >= 11 is 0. The molecular formula is C13H21N3O4S. The van der Waals surface area contributed by atoms with Crippen molar-refractivity contribution in [3.63, 3.8) is 0 Å². The molecule has 0 fully saturated rings. The Morgan fingerprint density at radius 1 is 1.38 bits per heavy atom. The highest BCUT2D eigenvalue weighted by Crippen LogP contribution is 2.22. The summed E-state index contributed by atoms with van der Waals surface area (Å²) in [7, 11) is -3.82. The molecule has 7 nitrogen and oxygen atoms in total. The van der Waals surface area contributed by atoms with E-state index >= 15 is 0 Å². The number of nitro benzene ring substituents is 1. The van der Waals surface area contributed by atoms with Crippen LogP contribution in [0, 0.1) is 23.0 Å². The molecule has 0 saturated heterocycles. The van der Waals surface area contributed by atoms with E-state index in [-0.39, 0.29) is 23.0 Å². The number of nitro groups is 1. The van der Waals surface area contributed by atoms with Gasteiger partial charge in [-0.2, -0.15) is 0 Å². The van der Waals surface area contributed by atoms with E-state index in [9.17, 15) is 18.5 Å². The molecule has 1 aromatic rings. The Morgan fingerprint density at radius 3 is 2.48 bits per heavy atom. The van der Waals surface area contributed by atoms with Crippen molar-refractivity contribution >= 4 is 15.7 Å². The quantitative estimate of drug-likeness (QED) is 0.585. The second-order valence-corrected chi connectivity index (χ2v) is 7.10. The van der Waals surface area contributed by atoms with Crippen LogP contribution in [0.5, 0.6) is 0 Å². The first-order valence-electron chi connectivity index (χ1n) is 6.64. The Labute approximate surface area is 124 Å². The number of nitrogens with one attached hydrogen (secondary N) is 1. The smallest absolute Gasteiger partial charge is 0.273 e. The molecule has 0 aliphatic carbocycles. The third-order valence-corrected chi connectivity index (χ3v) is 4.57. The van der Waals surface area contributed by atoms with Crippen LogP contribution in [0.2, 0.25) is 0 Å². The van der Waals surface area contributed by atoms with Crippen LogP contribution in [-0.2, 0) is 10.0 Å². The van der Waals surface area contributed by atoms with E-state index in [4.69, 9.17) is 5.73 Å². The average Bonchev–Trinajstić information content (AvgIpc) is 2.36. The SMILES string of the molecule is Cc1ccc(S(=O)(=O)NC(CN)CC(C)C)cc1[N+](=O)[O-].